The van der Waals surface area contributed by atoms with Crippen molar-refractivity contribution in [1.29, 1.82) is 0 Å². The molecule has 9 atom stereocenters. The number of carbonyl (C=O) groups is 2. The Morgan fingerprint density at radius 3 is 2.31 bits per heavy atom. The predicted molar refractivity (Wildman–Crippen MR) is 247 cm³/mol. The normalized spacial score (nSPS) is 29.9. The average molecular weight is 901 g/mol. The molecule has 4 aromatic rings. The molecule has 4 bridgehead atoms. The summed E-state index contributed by atoms with van der Waals surface area (Å²) in [6.07, 6.45) is 3.71. The van der Waals surface area contributed by atoms with Crippen molar-refractivity contribution in [3.8, 4) is 11.5 Å². The molecule has 5 N–H and O–H groups in total. The first kappa shape index (κ1) is 46.2. The molecule has 0 radical (unpaired) electrons. The number of phenolic OH excluding ortho intramolecular Hbond substituents is 1. The summed E-state index contributed by atoms with van der Waals surface area (Å²) < 4.78 is 24.7. The Labute approximate surface area is 373 Å². The first-order chi connectivity index (χ1) is 30.1. The fourth-order valence-corrected chi connectivity index (χ4v) is 10.4. The second-order valence-electron chi connectivity index (χ2n) is 17.5. The molecule has 1 aromatic heterocycles. The van der Waals surface area contributed by atoms with E-state index < -0.39 is 88.1 Å². The summed E-state index contributed by atoms with van der Waals surface area (Å²) in [7, 11) is 5.23. The number of carbonyl (C=O) groups excluding carboxylic acids is 2. The number of benzene rings is 3. The van der Waals surface area contributed by atoms with Gasteiger partial charge >= 0.3 is 11.8 Å². The van der Waals surface area contributed by atoms with E-state index in [2.05, 4.69) is 5.32 Å². The van der Waals surface area contributed by atoms with E-state index >= 15 is 0 Å². The number of aliphatic hydroxyl groups excluding tert-OH is 3. The number of methoxy groups -OCH3 is 1. The summed E-state index contributed by atoms with van der Waals surface area (Å²) in [5.41, 5.74) is 0.422. The standard InChI is InChI=1S/C47H56N4O12S/c1-20-13-12-14-21(2)46(59)49-35-40(57)31-30(34-43(35)64-44-33(48-34)28(53)19-27-36(44)51(10)17-16-50(27)9)32-42(25(6)39(31)56)63-47(8,45(32)58)61-18-15-29(60-11)22(3)41(62-26(7)52)24(5)38(55)23(4)37(20)54/h12-15,18-20,22-24,29,37-38,41,54-56,58H,16-17H2,1-11H3,(H,49,59)/b13-12+,18-15+,21-14-/t20-,22+,23+,24+,29-,37-,38+,41+,47-/m0/s1. The summed E-state index contributed by atoms with van der Waals surface area (Å²) in [5.74, 6) is -6.65. The molecule has 1 amide bonds. The topological polar surface area (TPSA) is 218 Å². The Morgan fingerprint density at radius 2 is 1.64 bits per heavy atom. The molecule has 0 aliphatic carbocycles. The van der Waals surface area contributed by atoms with Crippen molar-refractivity contribution in [2.45, 2.75) is 85.6 Å². The Hall–Kier alpha value is -5.75. The Kier molecular flexibility index (Phi) is 12.5. The van der Waals surface area contributed by atoms with Gasteiger partial charge in [-0.2, -0.15) is 0 Å². The van der Waals surface area contributed by atoms with Crippen LogP contribution in [-0.2, 0) is 23.8 Å². The molecule has 0 saturated carbocycles. The molecule has 7 rings (SSSR count). The number of amides is 1. The van der Waals surface area contributed by atoms with Crippen molar-refractivity contribution in [3.63, 3.8) is 0 Å². The molecule has 0 spiro atoms. The highest BCUT2D eigenvalue weighted by Gasteiger charge is 2.44. The van der Waals surface area contributed by atoms with Crippen LogP contribution in [0.25, 0.3) is 37.0 Å². The smallest absolute Gasteiger partial charge is 0.307 e. The number of nitrogens with zero attached hydrogens (tertiary/aromatic N) is 3. The molecule has 3 aliphatic heterocycles. The van der Waals surface area contributed by atoms with Gasteiger partial charge in [0.2, 0.25) is 10.9 Å². The number of fused-ring (bicyclic) bond motifs is 4. The zero-order chi connectivity index (χ0) is 46.8. The van der Waals surface area contributed by atoms with Crippen molar-refractivity contribution in [2.24, 2.45) is 23.7 Å². The summed E-state index contributed by atoms with van der Waals surface area (Å²) in [6, 6.07) is 1.51. The monoisotopic (exact) mass is 900 g/mol. The van der Waals surface area contributed by atoms with Gasteiger partial charge in [-0.05, 0) is 19.9 Å². The Bertz CT molecular complexity index is 2860. The molecule has 0 fully saturated rings. The number of aromatic hydroxyl groups is 1. The van der Waals surface area contributed by atoms with Crippen LogP contribution in [0.3, 0.4) is 0 Å². The van der Waals surface area contributed by atoms with Gasteiger partial charge in [-0.25, -0.2) is 4.98 Å². The van der Waals surface area contributed by atoms with Crippen LogP contribution in [0.2, 0.25) is 0 Å². The van der Waals surface area contributed by atoms with Crippen molar-refractivity contribution < 1.29 is 49.0 Å². The number of aromatic nitrogens is 1. The number of phenols is 1. The maximum Gasteiger partial charge on any atom is 0.307 e. The average Bonchev–Trinajstić information content (AvgIpc) is 3.52. The fraction of sp³-hybridized carbons (Fsp3) is 0.468. The van der Waals surface area contributed by atoms with Gasteiger partial charge in [-0.1, -0.05) is 45.9 Å². The highest BCUT2D eigenvalue weighted by molar-refractivity contribution is 7.25. The van der Waals surface area contributed by atoms with Crippen LogP contribution in [-0.4, -0.2) is 102 Å². The molecular weight excluding hydrogens is 845 g/mol. The van der Waals surface area contributed by atoms with Gasteiger partial charge in [0.15, 0.2) is 5.76 Å². The SMILES string of the molecule is CO[C@H]1/C=C/O[C@@]2(C)Oc3c(C)c(O)c4c(=O)c(c5sc6c7c(cc(=O)c6nc5c4c3=C2O)N(C)CCN7C)NC(=O)/C(C)=C\C=C\[C@H](C)[C@H](O)[C@@H](C)[C@@H](O)[C@@H](C)[C@H](OC(C)=O)[C@@H]1C. The third-order valence-electron chi connectivity index (χ3n) is 13.1. The third kappa shape index (κ3) is 7.71. The largest absolute Gasteiger partial charge is 0.507 e. The summed E-state index contributed by atoms with van der Waals surface area (Å²) >= 11 is 1.09. The van der Waals surface area contributed by atoms with Crippen LogP contribution in [0.5, 0.6) is 11.5 Å². The summed E-state index contributed by atoms with van der Waals surface area (Å²) in [6.45, 7) is 14.0. The lowest BCUT2D eigenvalue weighted by Crippen LogP contribution is -2.46. The first-order valence-electron chi connectivity index (χ1n) is 21.2. The number of ether oxygens (including phenoxy) is 4. The van der Waals surface area contributed by atoms with E-state index in [1.807, 2.05) is 23.9 Å². The van der Waals surface area contributed by atoms with Crippen LogP contribution >= 0.6 is 11.3 Å². The number of allylic oxidation sites excluding steroid dienone is 2. The molecule has 3 aromatic carbocycles. The highest BCUT2D eigenvalue weighted by atomic mass is 32.1. The van der Waals surface area contributed by atoms with Crippen molar-refractivity contribution >= 4 is 77.2 Å². The lowest BCUT2D eigenvalue weighted by molar-refractivity contribution is -0.160. The van der Waals surface area contributed by atoms with E-state index in [-0.39, 0.29) is 54.3 Å². The van der Waals surface area contributed by atoms with Gasteiger partial charge in [-0.15, -0.1) is 11.3 Å². The fourth-order valence-electron chi connectivity index (χ4n) is 9.11. The minimum absolute atomic E-state index is 0.00187. The van der Waals surface area contributed by atoms with E-state index in [4.69, 9.17) is 23.9 Å². The number of nitrogens with one attached hydrogen (secondary N) is 1. The molecule has 0 saturated heterocycles. The number of anilines is 3. The summed E-state index contributed by atoms with van der Waals surface area (Å²) in [4.78, 5) is 64.3. The third-order valence-corrected chi connectivity index (χ3v) is 14.3. The second kappa shape index (κ2) is 17.3. The van der Waals surface area contributed by atoms with Gasteiger partial charge in [0, 0.05) is 94.4 Å². The highest BCUT2D eigenvalue weighted by Crippen LogP contribution is 2.45. The van der Waals surface area contributed by atoms with E-state index in [0.29, 0.717) is 29.2 Å². The van der Waals surface area contributed by atoms with Crippen LogP contribution < -0.4 is 35.9 Å². The number of aliphatic hydroxyl groups is 3. The quantitative estimate of drug-likeness (QED) is 0.103. The minimum Gasteiger partial charge on any atom is -0.507 e. The van der Waals surface area contributed by atoms with E-state index in [1.165, 1.54) is 52.4 Å². The second-order valence-corrected chi connectivity index (χ2v) is 18.5. The maximum atomic E-state index is 14.9. The van der Waals surface area contributed by atoms with Crippen LogP contribution in [0.1, 0.15) is 54.0 Å². The number of hydrogen-bond donors (Lipinski definition) is 5. The lowest BCUT2D eigenvalue weighted by Gasteiger charge is -2.38. The lowest BCUT2D eigenvalue weighted by atomic mass is 9.78. The Balaban J connectivity index is 1.53. The number of hydrogen-bond acceptors (Lipinski definition) is 16. The number of esters is 1. The maximum absolute atomic E-state index is 14.9. The molecular formula is C47H56N4O12S. The van der Waals surface area contributed by atoms with Gasteiger partial charge in [-0.3, -0.25) is 19.2 Å². The van der Waals surface area contributed by atoms with Gasteiger partial charge < -0.3 is 54.5 Å². The minimum atomic E-state index is -1.95. The zero-order valence-electron chi connectivity index (χ0n) is 37.8. The molecule has 0 unspecified atom stereocenters. The van der Waals surface area contributed by atoms with Gasteiger partial charge in [0.05, 0.1) is 61.5 Å². The summed E-state index contributed by atoms with van der Waals surface area (Å²) in [5, 5.41) is 49.6. The van der Waals surface area contributed by atoms with E-state index in [0.717, 1.165) is 11.3 Å². The first-order valence-corrected chi connectivity index (χ1v) is 22.0. The van der Waals surface area contributed by atoms with Gasteiger partial charge in [0.25, 0.3) is 5.91 Å². The molecule has 17 heteroatoms. The zero-order valence-corrected chi connectivity index (χ0v) is 38.6. The van der Waals surface area contributed by atoms with Crippen molar-refractivity contribution in [1.82, 2.24) is 4.98 Å². The van der Waals surface area contributed by atoms with Gasteiger partial charge in [0.1, 0.15) is 28.8 Å². The van der Waals surface area contributed by atoms with Crippen molar-refractivity contribution in [2.75, 3.05) is 49.4 Å². The molecule has 64 heavy (non-hydrogen) atoms. The molecule has 342 valence electrons. The predicted octanol–water partition coefficient (Wildman–Crippen LogP) is 4.91. The van der Waals surface area contributed by atoms with Crippen molar-refractivity contribution in [3.05, 3.63) is 73.4 Å². The molecule has 16 nitrogen and oxygen atoms in total. The van der Waals surface area contributed by atoms with E-state index in [9.17, 15) is 39.6 Å². The van der Waals surface area contributed by atoms with Crippen LogP contribution in [0.15, 0.2) is 51.8 Å². The van der Waals surface area contributed by atoms with E-state index in [1.54, 1.807) is 46.8 Å². The van der Waals surface area contributed by atoms with Crippen LogP contribution in [0.4, 0.5) is 17.1 Å². The Morgan fingerprint density at radius 1 is 0.953 bits per heavy atom. The van der Waals surface area contributed by atoms with Crippen LogP contribution in [0, 0.1) is 30.6 Å². The molecule has 4 heterocycles. The number of likely N-dealkylation sites (N-methyl/N-ethyl adjacent to an activating group) is 2. The number of rotatable bonds is 2. The molecule has 3 aliphatic rings.